The zero-order valence-electron chi connectivity index (χ0n) is 18.8. The molecule has 4 rings (SSSR count). The van der Waals surface area contributed by atoms with E-state index < -0.39 is 0 Å². The Kier molecular flexibility index (Phi) is 5.85. The van der Waals surface area contributed by atoms with Crippen molar-refractivity contribution in [2.45, 2.75) is 51.5 Å². The fraction of sp³-hybridized carbons (Fsp3) is 0.522. The summed E-state index contributed by atoms with van der Waals surface area (Å²) in [5.41, 5.74) is 2.52. The highest BCUT2D eigenvalue weighted by Crippen LogP contribution is 2.48. The molecule has 1 amide bonds. The number of hydrogen-bond donors (Lipinski definition) is 1. The van der Waals surface area contributed by atoms with Gasteiger partial charge in [0.25, 0.3) is 0 Å². The summed E-state index contributed by atoms with van der Waals surface area (Å²) in [7, 11) is 0. The number of ether oxygens (including phenoxy) is 1. The lowest BCUT2D eigenvalue weighted by atomic mass is 9.67. The van der Waals surface area contributed by atoms with E-state index in [-0.39, 0.29) is 29.4 Å². The molecule has 1 N–H and O–H groups in total. The number of carbonyl (C=O) groups is 2. The fourth-order valence-corrected chi connectivity index (χ4v) is 4.72. The molecule has 0 atom stereocenters. The topological polar surface area (TPSA) is 102 Å². The van der Waals surface area contributed by atoms with E-state index in [0.717, 1.165) is 43.4 Å². The van der Waals surface area contributed by atoms with Crippen LogP contribution in [0.4, 0.5) is 0 Å². The number of amides is 1. The summed E-state index contributed by atoms with van der Waals surface area (Å²) in [6.45, 7) is 13.5. The van der Waals surface area contributed by atoms with Gasteiger partial charge in [0.1, 0.15) is 12.9 Å². The molecule has 3 aliphatic rings. The Balaban J connectivity index is 1.30. The molecule has 1 aromatic heterocycles. The predicted octanol–water partition coefficient (Wildman–Crippen LogP) is 2.23. The molecule has 1 saturated heterocycles. The van der Waals surface area contributed by atoms with E-state index in [1.165, 1.54) is 11.0 Å². The number of allylic oxidation sites excluding steroid dienone is 2. The van der Waals surface area contributed by atoms with Crippen molar-refractivity contribution in [2.24, 2.45) is 5.41 Å². The first-order valence-corrected chi connectivity index (χ1v) is 11.0. The second kappa shape index (κ2) is 8.46. The lowest BCUT2D eigenvalue weighted by molar-refractivity contribution is -0.138. The highest BCUT2D eigenvalue weighted by atomic mass is 16.5. The largest absolute Gasteiger partial charge is 0.456 e. The quantitative estimate of drug-likeness (QED) is 0.514. The number of nitrogens with one attached hydrogen (secondary N) is 1. The van der Waals surface area contributed by atoms with Crippen molar-refractivity contribution in [2.75, 3.05) is 19.7 Å². The van der Waals surface area contributed by atoms with Gasteiger partial charge in [-0.15, -0.1) is 5.10 Å². The highest BCUT2D eigenvalue weighted by molar-refractivity contribution is 5.94. The third kappa shape index (κ3) is 4.17. The van der Waals surface area contributed by atoms with Crippen molar-refractivity contribution in [3.63, 3.8) is 0 Å². The van der Waals surface area contributed by atoms with Crippen LogP contribution < -0.4 is 5.32 Å². The molecule has 0 radical (unpaired) electrons. The molecular formula is C23H30N6O3. The first kappa shape index (κ1) is 22.1. The second-order valence-electron chi connectivity index (χ2n) is 9.29. The van der Waals surface area contributed by atoms with E-state index in [9.17, 15) is 9.59 Å². The fourth-order valence-electron chi connectivity index (χ4n) is 4.72. The number of tetrazole rings is 1. The molecule has 1 aliphatic carbocycles. The first-order chi connectivity index (χ1) is 15.2. The van der Waals surface area contributed by atoms with Crippen LogP contribution in [0.15, 0.2) is 48.5 Å². The van der Waals surface area contributed by atoms with Gasteiger partial charge in [0, 0.05) is 18.6 Å². The average molecular weight is 439 g/mol. The van der Waals surface area contributed by atoms with Crippen LogP contribution in [0.3, 0.4) is 0 Å². The van der Waals surface area contributed by atoms with E-state index in [2.05, 4.69) is 40.9 Å². The summed E-state index contributed by atoms with van der Waals surface area (Å²) in [4.78, 5) is 26.8. The standard InChI is InChI=1S/C23H30N6O3/c1-16(5-6-17(2)29-15-25-26-27-29)13-24-22(4)7-9-23(10-8-22)11-12-28(21(23)31)19-14-32-20(30)18(19)3/h5-6,15,24H,1-2,7-14H2,3-4H3. The van der Waals surface area contributed by atoms with Gasteiger partial charge in [0.2, 0.25) is 5.91 Å². The monoisotopic (exact) mass is 438 g/mol. The van der Waals surface area contributed by atoms with Crippen LogP contribution in [0, 0.1) is 5.41 Å². The number of esters is 1. The Labute approximate surface area is 187 Å². The van der Waals surface area contributed by atoms with Crippen molar-refractivity contribution < 1.29 is 14.3 Å². The lowest BCUT2D eigenvalue weighted by Crippen LogP contribution is -2.50. The smallest absolute Gasteiger partial charge is 0.336 e. The van der Waals surface area contributed by atoms with E-state index in [4.69, 9.17) is 4.74 Å². The van der Waals surface area contributed by atoms with Crippen LogP contribution in [0.1, 0.15) is 46.0 Å². The first-order valence-electron chi connectivity index (χ1n) is 11.0. The number of carbonyl (C=O) groups excluding carboxylic acids is 2. The van der Waals surface area contributed by atoms with Gasteiger partial charge in [-0.05, 0) is 68.0 Å². The minimum Gasteiger partial charge on any atom is -0.456 e. The van der Waals surface area contributed by atoms with Gasteiger partial charge in [-0.25, -0.2) is 9.48 Å². The number of rotatable bonds is 7. The molecule has 0 unspecified atom stereocenters. The molecule has 0 bridgehead atoms. The van der Waals surface area contributed by atoms with Crippen LogP contribution >= 0.6 is 0 Å². The Morgan fingerprint density at radius 2 is 1.97 bits per heavy atom. The van der Waals surface area contributed by atoms with Crippen molar-refractivity contribution in [1.82, 2.24) is 30.4 Å². The second-order valence-corrected chi connectivity index (χ2v) is 9.29. The Morgan fingerprint density at radius 3 is 2.59 bits per heavy atom. The van der Waals surface area contributed by atoms with Crippen molar-refractivity contribution in [1.29, 1.82) is 0 Å². The van der Waals surface area contributed by atoms with Gasteiger partial charge in [0.05, 0.1) is 22.4 Å². The van der Waals surface area contributed by atoms with Gasteiger partial charge in [0.15, 0.2) is 0 Å². The summed E-state index contributed by atoms with van der Waals surface area (Å²) in [5.74, 6) is -0.161. The summed E-state index contributed by atoms with van der Waals surface area (Å²) in [6, 6.07) is 0. The molecule has 170 valence electrons. The van der Waals surface area contributed by atoms with Crippen molar-refractivity contribution >= 4 is 17.6 Å². The summed E-state index contributed by atoms with van der Waals surface area (Å²) in [5, 5.41) is 14.6. The molecule has 9 nitrogen and oxygen atoms in total. The van der Waals surface area contributed by atoms with E-state index in [1.807, 2.05) is 12.2 Å². The van der Waals surface area contributed by atoms with Gasteiger partial charge >= 0.3 is 5.97 Å². The summed E-state index contributed by atoms with van der Waals surface area (Å²) in [6.07, 6.45) is 9.57. The van der Waals surface area contributed by atoms with Crippen LogP contribution in [-0.4, -0.2) is 62.2 Å². The molecule has 1 saturated carbocycles. The Bertz CT molecular complexity index is 999. The van der Waals surface area contributed by atoms with E-state index in [0.29, 0.717) is 24.4 Å². The predicted molar refractivity (Wildman–Crippen MR) is 119 cm³/mol. The minimum absolute atomic E-state index is 0.0514. The Hall–Kier alpha value is -3.07. The maximum Gasteiger partial charge on any atom is 0.336 e. The van der Waals surface area contributed by atoms with Gasteiger partial charge in [-0.2, -0.15) is 0 Å². The Morgan fingerprint density at radius 1 is 1.22 bits per heavy atom. The SMILES string of the molecule is C=C(C=CC(=C)n1cnnn1)CNC1(C)CCC2(CCN(C3=C(C)C(=O)OC3)C2=O)CC1. The maximum absolute atomic E-state index is 13.3. The van der Waals surface area contributed by atoms with Crippen molar-refractivity contribution in [3.05, 3.63) is 48.5 Å². The third-order valence-electron chi connectivity index (χ3n) is 7.13. The number of likely N-dealkylation sites (tertiary alicyclic amines) is 1. The van der Waals surface area contributed by atoms with Crippen LogP contribution in [0.2, 0.25) is 0 Å². The zero-order valence-corrected chi connectivity index (χ0v) is 18.8. The molecule has 1 spiro atoms. The third-order valence-corrected chi connectivity index (χ3v) is 7.13. The molecular weight excluding hydrogens is 408 g/mol. The lowest BCUT2D eigenvalue weighted by Gasteiger charge is -2.42. The van der Waals surface area contributed by atoms with Crippen molar-refractivity contribution in [3.8, 4) is 0 Å². The van der Waals surface area contributed by atoms with Gasteiger partial charge in [-0.3, -0.25) is 4.79 Å². The number of nitrogens with zero attached hydrogens (tertiary/aromatic N) is 5. The number of aromatic nitrogens is 4. The summed E-state index contributed by atoms with van der Waals surface area (Å²) >= 11 is 0. The molecule has 2 fully saturated rings. The van der Waals surface area contributed by atoms with E-state index in [1.54, 1.807) is 11.8 Å². The molecule has 0 aromatic carbocycles. The van der Waals surface area contributed by atoms with Crippen LogP contribution in [0.25, 0.3) is 5.70 Å². The number of cyclic esters (lactones) is 1. The zero-order chi connectivity index (χ0) is 22.9. The minimum atomic E-state index is -0.319. The molecule has 1 aromatic rings. The van der Waals surface area contributed by atoms with E-state index >= 15 is 0 Å². The highest BCUT2D eigenvalue weighted by Gasteiger charge is 2.51. The molecule has 32 heavy (non-hydrogen) atoms. The molecule has 2 aliphatic heterocycles. The number of hydrogen-bond acceptors (Lipinski definition) is 7. The maximum atomic E-state index is 13.3. The van der Waals surface area contributed by atoms with Crippen LogP contribution in [0.5, 0.6) is 0 Å². The van der Waals surface area contributed by atoms with Gasteiger partial charge in [-0.1, -0.05) is 19.2 Å². The molecule has 9 heteroatoms. The van der Waals surface area contributed by atoms with Gasteiger partial charge < -0.3 is 15.0 Å². The average Bonchev–Trinajstić information content (AvgIpc) is 3.50. The normalized spacial score (nSPS) is 28.2. The molecule has 3 heterocycles. The van der Waals surface area contributed by atoms with Crippen LogP contribution in [-0.2, 0) is 14.3 Å². The summed E-state index contributed by atoms with van der Waals surface area (Å²) < 4.78 is 6.60.